The molecule has 0 aliphatic heterocycles. The van der Waals surface area contributed by atoms with E-state index in [0.717, 1.165) is 5.56 Å². The van der Waals surface area contributed by atoms with Crippen LogP contribution in [0.3, 0.4) is 0 Å². The lowest BCUT2D eigenvalue weighted by Crippen LogP contribution is -2.38. The van der Waals surface area contributed by atoms with Gasteiger partial charge in [0.15, 0.2) is 0 Å². The summed E-state index contributed by atoms with van der Waals surface area (Å²) < 4.78 is 0. The van der Waals surface area contributed by atoms with Gasteiger partial charge in [-0.15, -0.1) is 0 Å². The molecule has 0 spiro atoms. The highest BCUT2D eigenvalue weighted by atomic mass is 16.2. The zero-order valence-electron chi connectivity index (χ0n) is 18.1. The van der Waals surface area contributed by atoms with Crippen LogP contribution in [0.2, 0.25) is 0 Å². The fourth-order valence-electron chi connectivity index (χ4n) is 2.48. The molecule has 6 heteroatoms. The van der Waals surface area contributed by atoms with E-state index in [1.54, 1.807) is 30.4 Å². The van der Waals surface area contributed by atoms with Gasteiger partial charge in [-0.1, -0.05) is 58.9 Å². The molecule has 0 heterocycles. The maximum Gasteiger partial charge on any atom is 0.326 e. The minimum atomic E-state index is -0.612. The number of carbonyl (C=O) groups excluding carboxylic acids is 3. The van der Waals surface area contributed by atoms with Gasteiger partial charge in [0.1, 0.15) is 0 Å². The molecule has 0 unspecified atom stereocenters. The number of imide groups is 1. The van der Waals surface area contributed by atoms with Crippen molar-refractivity contribution in [1.82, 2.24) is 16.0 Å². The van der Waals surface area contributed by atoms with Crippen molar-refractivity contribution in [3.8, 4) is 0 Å². The predicted octanol–water partition coefficient (Wildman–Crippen LogP) is 4.31. The lowest BCUT2D eigenvalue weighted by Gasteiger charge is -2.19. The second-order valence-corrected chi connectivity index (χ2v) is 7.30. The number of carbonyl (C=O) groups is 3. The van der Waals surface area contributed by atoms with Gasteiger partial charge in [0.2, 0.25) is 5.91 Å². The van der Waals surface area contributed by atoms with Crippen molar-refractivity contribution < 1.29 is 14.4 Å². The van der Waals surface area contributed by atoms with Gasteiger partial charge in [-0.25, -0.2) is 4.79 Å². The number of amides is 4. The molecule has 1 aliphatic carbocycles. The zero-order valence-corrected chi connectivity index (χ0v) is 18.1. The molecule has 0 saturated carbocycles. The van der Waals surface area contributed by atoms with Crippen LogP contribution in [-0.4, -0.2) is 17.8 Å². The van der Waals surface area contributed by atoms with E-state index in [2.05, 4.69) is 36.7 Å². The third kappa shape index (κ3) is 8.17. The van der Waals surface area contributed by atoms with Gasteiger partial charge in [-0.05, 0) is 41.7 Å². The summed E-state index contributed by atoms with van der Waals surface area (Å²) in [6, 6.07) is 6.57. The quantitative estimate of drug-likeness (QED) is 0.710. The standard InChI is InChI=1S/C21H25N3O3.C2H6/c1-14(25)22-17-6-5-7-18(13-12-17)23-20(27)24-19(26)15-8-10-16(11-9-15)21(2,3)4;1-2/h6-13H,5H2,1-4H3,(H,22,25)(H2,23,24,26,27);1-2H3. The van der Waals surface area contributed by atoms with Crippen LogP contribution in [0.1, 0.15) is 63.9 Å². The number of nitrogens with one attached hydrogen (secondary N) is 3. The Morgan fingerprint density at radius 3 is 1.86 bits per heavy atom. The van der Waals surface area contributed by atoms with Gasteiger partial charge in [0.05, 0.1) is 0 Å². The molecule has 156 valence electrons. The molecule has 6 nitrogen and oxygen atoms in total. The molecule has 2 rings (SSSR count). The van der Waals surface area contributed by atoms with Crippen LogP contribution in [-0.2, 0) is 10.2 Å². The molecule has 3 N–H and O–H groups in total. The second-order valence-electron chi connectivity index (χ2n) is 7.30. The van der Waals surface area contributed by atoms with Crippen LogP contribution < -0.4 is 16.0 Å². The Bertz CT molecular complexity index is 826. The number of hydrogen-bond donors (Lipinski definition) is 3. The first-order valence-corrected chi connectivity index (χ1v) is 9.74. The summed E-state index contributed by atoms with van der Waals surface area (Å²) in [6.07, 6.45) is 7.50. The van der Waals surface area contributed by atoms with Crippen LogP contribution in [0.25, 0.3) is 0 Å². The summed E-state index contributed by atoms with van der Waals surface area (Å²) in [6.45, 7) is 11.7. The summed E-state index contributed by atoms with van der Waals surface area (Å²) in [5.41, 5.74) is 2.72. The van der Waals surface area contributed by atoms with Crippen LogP contribution in [0.15, 0.2) is 60.0 Å². The van der Waals surface area contributed by atoms with Gasteiger partial charge >= 0.3 is 6.03 Å². The Labute approximate surface area is 173 Å². The molecule has 0 atom stereocenters. The van der Waals surface area contributed by atoms with Gasteiger partial charge < -0.3 is 10.6 Å². The Kier molecular flexibility index (Phi) is 9.06. The minimum Gasteiger partial charge on any atom is -0.327 e. The normalized spacial score (nSPS) is 13.0. The average Bonchev–Trinajstić information content (AvgIpc) is 2.87. The largest absolute Gasteiger partial charge is 0.327 e. The lowest BCUT2D eigenvalue weighted by molar-refractivity contribution is -0.118. The summed E-state index contributed by atoms with van der Waals surface area (Å²) in [4.78, 5) is 35.4. The fraction of sp³-hybridized carbons (Fsp3) is 0.348. The molecule has 1 aromatic rings. The van der Waals surface area contributed by atoms with Gasteiger partial charge in [-0.2, -0.15) is 0 Å². The average molecular weight is 398 g/mol. The van der Waals surface area contributed by atoms with E-state index < -0.39 is 11.9 Å². The maximum atomic E-state index is 12.2. The summed E-state index contributed by atoms with van der Waals surface area (Å²) in [5, 5.41) is 7.63. The number of urea groups is 1. The molecule has 1 aromatic carbocycles. The van der Waals surface area contributed by atoms with Crippen molar-refractivity contribution in [3.63, 3.8) is 0 Å². The Balaban J connectivity index is 0.00000204. The lowest BCUT2D eigenvalue weighted by atomic mass is 9.87. The zero-order chi connectivity index (χ0) is 22.0. The van der Waals surface area contributed by atoms with Gasteiger partial charge in [-0.3, -0.25) is 14.9 Å². The highest BCUT2D eigenvalue weighted by Gasteiger charge is 2.15. The molecule has 0 bridgehead atoms. The molecule has 0 saturated heterocycles. The number of allylic oxidation sites excluding steroid dienone is 4. The van der Waals surface area contributed by atoms with E-state index in [1.807, 2.05) is 32.1 Å². The molecule has 0 aromatic heterocycles. The van der Waals surface area contributed by atoms with E-state index in [9.17, 15) is 14.4 Å². The van der Waals surface area contributed by atoms with Crippen molar-refractivity contribution >= 4 is 17.8 Å². The van der Waals surface area contributed by atoms with Gasteiger partial charge in [0, 0.05) is 23.9 Å². The molecule has 1 aliphatic rings. The molecule has 0 radical (unpaired) electrons. The van der Waals surface area contributed by atoms with Crippen LogP contribution in [0, 0.1) is 0 Å². The van der Waals surface area contributed by atoms with Crippen molar-refractivity contribution in [2.45, 2.75) is 53.4 Å². The third-order valence-electron chi connectivity index (χ3n) is 3.94. The van der Waals surface area contributed by atoms with E-state index in [-0.39, 0.29) is 11.3 Å². The van der Waals surface area contributed by atoms with Gasteiger partial charge in [0.25, 0.3) is 5.91 Å². The van der Waals surface area contributed by atoms with E-state index in [4.69, 9.17) is 0 Å². The second kappa shape index (κ2) is 11.0. The number of hydrogen-bond acceptors (Lipinski definition) is 3. The maximum absolute atomic E-state index is 12.2. The van der Waals surface area contributed by atoms with Crippen LogP contribution >= 0.6 is 0 Å². The van der Waals surface area contributed by atoms with Crippen molar-refractivity contribution in [2.24, 2.45) is 0 Å². The Morgan fingerprint density at radius 2 is 1.38 bits per heavy atom. The minimum absolute atomic E-state index is 0.00514. The van der Waals surface area contributed by atoms with E-state index >= 15 is 0 Å². The SMILES string of the molecule is CC.CC(=O)NC1=CCC=C(NC(=O)NC(=O)c2ccc(C(C)(C)C)cc2)C=C1. The predicted molar refractivity (Wildman–Crippen MR) is 116 cm³/mol. The van der Waals surface area contributed by atoms with Crippen LogP contribution in [0.5, 0.6) is 0 Å². The highest BCUT2D eigenvalue weighted by Crippen LogP contribution is 2.22. The van der Waals surface area contributed by atoms with Crippen molar-refractivity contribution in [1.29, 1.82) is 0 Å². The summed E-state index contributed by atoms with van der Waals surface area (Å²) >= 11 is 0. The topological polar surface area (TPSA) is 87.3 Å². The molecule has 29 heavy (non-hydrogen) atoms. The molecule has 0 fully saturated rings. The molecular formula is C23H31N3O3. The van der Waals surface area contributed by atoms with Crippen molar-refractivity contribution in [3.05, 3.63) is 71.1 Å². The van der Waals surface area contributed by atoms with Crippen LogP contribution in [0.4, 0.5) is 4.79 Å². The molecule has 4 amide bonds. The Hall–Kier alpha value is -3.15. The van der Waals surface area contributed by atoms with E-state index in [1.165, 1.54) is 6.92 Å². The smallest absolute Gasteiger partial charge is 0.326 e. The summed E-state index contributed by atoms with van der Waals surface area (Å²) in [7, 11) is 0. The number of benzene rings is 1. The number of rotatable bonds is 3. The monoisotopic (exact) mass is 397 g/mol. The first-order valence-electron chi connectivity index (χ1n) is 9.74. The third-order valence-corrected chi connectivity index (χ3v) is 3.94. The highest BCUT2D eigenvalue weighted by molar-refractivity contribution is 6.04. The fourth-order valence-corrected chi connectivity index (χ4v) is 2.48. The first kappa shape index (κ1) is 23.9. The Morgan fingerprint density at radius 1 is 0.862 bits per heavy atom. The van der Waals surface area contributed by atoms with Crippen molar-refractivity contribution in [2.75, 3.05) is 0 Å². The summed E-state index contributed by atoms with van der Waals surface area (Å²) in [5.74, 6) is -0.633. The van der Waals surface area contributed by atoms with E-state index in [0.29, 0.717) is 23.4 Å². The molecular weight excluding hydrogens is 366 g/mol. The first-order chi connectivity index (χ1) is 13.6.